The van der Waals surface area contributed by atoms with Crippen molar-refractivity contribution < 1.29 is 0 Å². The van der Waals surface area contributed by atoms with E-state index in [-0.39, 0.29) is 0 Å². The van der Waals surface area contributed by atoms with E-state index in [1.807, 2.05) is 0 Å². The molecule has 4 heteroatoms. The van der Waals surface area contributed by atoms with Crippen molar-refractivity contribution in [2.45, 2.75) is 0 Å². The van der Waals surface area contributed by atoms with E-state index in [1.165, 1.54) is 43.1 Å². The molecule has 11 aromatic rings. The van der Waals surface area contributed by atoms with Crippen molar-refractivity contribution in [3.63, 3.8) is 0 Å². The molecule has 0 saturated heterocycles. The van der Waals surface area contributed by atoms with Gasteiger partial charge in [0, 0.05) is 27.4 Å². The van der Waals surface area contributed by atoms with Gasteiger partial charge in [-0.1, -0.05) is 127 Å². The summed E-state index contributed by atoms with van der Waals surface area (Å²) in [6.45, 7) is 0. The van der Waals surface area contributed by atoms with Gasteiger partial charge >= 0.3 is 0 Å². The molecule has 0 bridgehead atoms. The molecule has 3 heterocycles. The van der Waals surface area contributed by atoms with Gasteiger partial charge in [0.05, 0.1) is 22.1 Å². The maximum Gasteiger partial charge on any atom is 0.235 e. The zero-order chi connectivity index (χ0) is 32.8. The smallest absolute Gasteiger partial charge is 0.235 e. The minimum absolute atomic E-state index is 0.656. The summed E-state index contributed by atoms with van der Waals surface area (Å²) < 4.78 is 4.62. The molecule has 0 N–H and O–H groups in total. The van der Waals surface area contributed by atoms with Crippen LogP contribution in [0.4, 0.5) is 0 Å². The number of hydrogen-bond acceptors (Lipinski definition) is 2. The number of aromatic nitrogens is 4. The number of rotatable bonds is 3. The summed E-state index contributed by atoms with van der Waals surface area (Å²) in [4.78, 5) is 11.1. The Morgan fingerprint density at radius 3 is 1.64 bits per heavy atom. The lowest BCUT2D eigenvalue weighted by Crippen LogP contribution is -2.05. The molecule has 0 aliphatic carbocycles. The third-order valence-corrected chi connectivity index (χ3v) is 10.2. The van der Waals surface area contributed by atoms with Crippen LogP contribution in [0.2, 0.25) is 0 Å². The summed E-state index contributed by atoms with van der Waals surface area (Å²) in [5.74, 6) is 0.656. The quantitative estimate of drug-likeness (QED) is 0.193. The molecule has 0 fully saturated rings. The van der Waals surface area contributed by atoms with Crippen LogP contribution < -0.4 is 0 Å². The predicted molar refractivity (Wildman–Crippen MR) is 209 cm³/mol. The number of fused-ring (bicyclic) bond motifs is 9. The number of nitrogens with zero attached hydrogens (tertiary/aromatic N) is 4. The Hall–Kier alpha value is -6.78. The first-order valence-electron chi connectivity index (χ1n) is 17.0. The lowest BCUT2D eigenvalue weighted by atomic mass is 10.1. The maximum absolute atomic E-state index is 5.56. The van der Waals surface area contributed by atoms with Gasteiger partial charge in [0.2, 0.25) is 5.95 Å². The molecule has 0 unspecified atom stereocenters. The molecular weight excluding hydrogens is 609 g/mol. The second-order valence-electron chi connectivity index (χ2n) is 13.1. The second kappa shape index (κ2) is 10.4. The van der Waals surface area contributed by atoms with Gasteiger partial charge in [-0.15, -0.1) is 0 Å². The first kappa shape index (κ1) is 27.2. The fraction of sp³-hybridized carbons (Fsp3) is 0. The fourth-order valence-electron chi connectivity index (χ4n) is 7.92. The van der Waals surface area contributed by atoms with E-state index < -0.39 is 0 Å². The van der Waals surface area contributed by atoms with Crippen LogP contribution in [0.25, 0.3) is 99.0 Å². The highest BCUT2D eigenvalue weighted by Crippen LogP contribution is 2.41. The molecule has 0 atom stereocenters. The highest BCUT2D eigenvalue weighted by molar-refractivity contribution is 6.16. The lowest BCUT2D eigenvalue weighted by Gasteiger charge is -2.14. The van der Waals surface area contributed by atoms with Gasteiger partial charge in [-0.25, -0.2) is 9.97 Å². The first-order valence-corrected chi connectivity index (χ1v) is 17.0. The summed E-state index contributed by atoms with van der Waals surface area (Å²) in [6, 6.07) is 60.8. The van der Waals surface area contributed by atoms with Crippen molar-refractivity contribution in [1.82, 2.24) is 19.1 Å². The Bertz CT molecular complexity index is 3150. The maximum atomic E-state index is 5.56. The van der Waals surface area contributed by atoms with Crippen LogP contribution in [0.5, 0.6) is 0 Å². The molecular formula is C46H28N4. The first-order chi connectivity index (χ1) is 24.8. The highest BCUT2D eigenvalue weighted by atomic mass is 15.2. The van der Waals surface area contributed by atoms with Crippen molar-refractivity contribution in [1.29, 1.82) is 0 Å². The average Bonchev–Trinajstić information content (AvgIpc) is 3.67. The van der Waals surface area contributed by atoms with Gasteiger partial charge in [0.25, 0.3) is 0 Å². The van der Waals surface area contributed by atoms with Crippen molar-refractivity contribution in [3.05, 3.63) is 170 Å². The molecule has 232 valence electrons. The van der Waals surface area contributed by atoms with E-state index in [1.54, 1.807) is 0 Å². The minimum atomic E-state index is 0.656. The van der Waals surface area contributed by atoms with Crippen LogP contribution in [0.15, 0.2) is 170 Å². The van der Waals surface area contributed by atoms with Crippen LogP contribution in [0.3, 0.4) is 0 Å². The SMILES string of the molecule is c1ccc(-c2nc(-n3c4ccccc4c4cc5ccccc5cc43)nc3c4cc5ccccc5cc4n(-c4ccc5ccccc5c4)c23)cc1. The summed E-state index contributed by atoms with van der Waals surface area (Å²) in [5.41, 5.74) is 8.21. The van der Waals surface area contributed by atoms with Crippen molar-refractivity contribution in [3.8, 4) is 22.9 Å². The Labute approximate surface area is 287 Å². The fourth-order valence-corrected chi connectivity index (χ4v) is 7.92. The third kappa shape index (κ3) is 3.93. The molecule has 50 heavy (non-hydrogen) atoms. The van der Waals surface area contributed by atoms with Crippen LogP contribution in [0.1, 0.15) is 0 Å². The van der Waals surface area contributed by atoms with E-state index in [0.29, 0.717) is 5.95 Å². The standard InChI is InChI=1S/C46H28N4/c1-2-13-30(14-3-1)43-45-44(48-46(47-43)50-40-21-11-10-20-37(40)38-25-32-16-6-8-18-34(32)27-41(38)50)39-26-33-17-7-9-19-35(33)28-42(39)49(45)36-23-22-29-12-4-5-15-31(29)24-36/h1-28H. The number of hydrogen-bond donors (Lipinski definition) is 0. The average molecular weight is 637 g/mol. The van der Waals surface area contributed by atoms with Crippen molar-refractivity contribution >= 4 is 76.1 Å². The Kier molecular flexibility index (Phi) is 5.63. The lowest BCUT2D eigenvalue weighted by molar-refractivity contribution is 1.01. The molecule has 0 spiro atoms. The third-order valence-electron chi connectivity index (χ3n) is 10.2. The second-order valence-corrected chi connectivity index (χ2v) is 13.1. The molecule has 0 amide bonds. The molecule has 8 aromatic carbocycles. The van der Waals surface area contributed by atoms with E-state index in [0.717, 1.165) is 49.9 Å². The zero-order valence-corrected chi connectivity index (χ0v) is 27.0. The predicted octanol–water partition coefficient (Wildman–Crippen LogP) is 11.8. The van der Waals surface area contributed by atoms with Crippen LogP contribution in [-0.4, -0.2) is 19.1 Å². The van der Waals surface area contributed by atoms with E-state index in [4.69, 9.17) is 9.97 Å². The number of para-hydroxylation sites is 1. The molecule has 0 aliphatic rings. The summed E-state index contributed by atoms with van der Waals surface area (Å²) in [6.07, 6.45) is 0. The Balaban J connectivity index is 1.33. The normalized spacial score (nSPS) is 12.0. The Morgan fingerprint density at radius 1 is 0.360 bits per heavy atom. The minimum Gasteiger partial charge on any atom is -0.306 e. The van der Waals surface area contributed by atoms with Gasteiger partial charge in [-0.3, -0.25) is 4.57 Å². The largest absolute Gasteiger partial charge is 0.306 e. The highest BCUT2D eigenvalue weighted by Gasteiger charge is 2.23. The van der Waals surface area contributed by atoms with Crippen LogP contribution >= 0.6 is 0 Å². The number of benzene rings is 8. The van der Waals surface area contributed by atoms with Gasteiger partial charge in [0.15, 0.2) is 0 Å². The summed E-state index contributed by atoms with van der Waals surface area (Å²) in [5, 5.41) is 10.6. The molecule has 11 rings (SSSR count). The monoisotopic (exact) mass is 636 g/mol. The van der Waals surface area contributed by atoms with Crippen molar-refractivity contribution in [2.24, 2.45) is 0 Å². The van der Waals surface area contributed by atoms with E-state index in [2.05, 4.69) is 179 Å². The van der Waals surface area contributed by atoms with Gasteiger partial charge in [-0.2, -0.15) is 0 Å². The molecule has 0 aliphatic heterocycles. The van der Waals surface area contributed by atoms with E-state index >= 15 is 0 Å². The Morgan fingerprint density at radius 2 is 0.920 bits per heavy atom. The van der Waals surface area contributed by atoms with Gasteiger partial charge < -0.3 is 4.57 Å². The van der Waals surface area contributed by atoms with Gasteiger partial charge in [0.1, 0.15) is 11.2 Å². The summed E-state index contributed by atoms with van der Waals surface area (Å²) in [7, 11) is 0. The van der Waals surface area contributed by atoms with Crippen LogP contribution in [-0.2, 0) is 0 Å². The molecule has 4 nitrogen and oxygen atoms in total. The van der Waals surface area contributed by atoms with E-state index in [9.17, 15) is 0 Å². The molecule has 0 saturated carbocycles. The van der Waals surface area contributed by atoms with Crippen LogP contribution in [0, 0.1) is 0 Å². The molecule has 3 aromatic heterocycles. The van der Waals surface area contributed by atoms with Gasteiger partial charge in [-0.05, 0) is 74.8 Å². The summed E-state index contributed by atoms with van der Waals surface area (Å²) >= 11 is 0. The van der Waals surface area contributed by atoms with Crippen molar-refractivity contribution in [2.75, 3.05) is 0 Å². The zero-order valence-electron chi connectivity index (χ0n) is 27.0. The topological polar surface area (TPSA) is 35.6 Å². The molecule has 0 radical (unpaired) electrons.